The van der Waals surface area contributed by atoms with Gasteiger partial charge in [0.15, 0.2) is 0 Å². The molecule has 160 valence electrons. The first-order chi connectivity index (χ1) is 14.0. The number of benzene rings is 1. The third-order valence-electron chi connectivity index (χ3n) is 4.86. The molecule has 0 radical (unpaired) electrons. The number of likely N-dealkylation sites (N-methyl/N-ethyl adjacent to an activating group) is 1. The molecular formula is C22H28ClN5O2. The van der Waals surface area contributed by atoms with E-state index in [9.17, 15) is 9.59 Å². The number of hydrogen-bond acceptors (Lipinski definition) is 3. The molecule has 0 fully saturated rings. The Labute approximate surface area is 182 Å². The van der Waals surface area contributed by atoms with Gasteiger partial charge < -0.3 is 14.8 Å². The summed E-state index contributed by atoms with van der Waals surface area (Å²) in [6.07, 6.45) is 2.54. The highest BCUT2D eigenvalue weighted by Crippen LogP contribution is 2.33. The van der Waals surface area contributed by atoms with Crippen LogP contribution in [0.4, 0.5) is 4.79 Å². The molecule has 3 amide bonds. The summed E-state index contributed by atoms with van der Waals surface area (Å²) in [7, 11) is 3.55. The SMILES string of the molecule is CN(CC(=O)N1N=C(c2cccn2C)C[C@H]1c1ccc(Cl)cc1)C(=O)NC(C)(C)C. The number of nitrogens with zero attached hydrogens (tertiary/aromatic N) is 4. The fourth-order valence-corrected chi connectivity index (χ4v) is 3.49. The van der Waals surface area contributed by atoms with Gasteiger partial charge in [0.2, 0.25) is 0 Å². The first-order valence-electron chi connectivity index (χ1n) is 9.85. The van der Waals surface area contributed by atoms with Crippen LogP contribution in [0, 0.1) is 0 Å². The molecule has 1 aliphatic rings. The van der Waals surface area contributed by atoms with E-state index in [2.05, 4.69) is 10.4 Å². The van der Waals surface area contributed by atoms with E-state index in [1.165, 1.54) is 9.91 Å². The molecule has 2 heterocycles. The van der Waals surface area contributed by atoms with Gasteiger partial charge in [-0.05, 0) is 50.6 Å². The Morgan fingerprint density at radius 2 is 1.90 bits per heavy atom. The Morgan fingerprint density at radius 3 is 2.47 bits per heavy atom. The summed E-state index contributed by atoms with van der Waals surface area (Å²) in [6.45, 7) is 5.62. The molecule has 0 spiro atoms. The van der Waals surface area contributed by atoms with Gasteiger partial charge in [0, 0.05) is 37.3 Å². The van der Waals surface area contributed by atoms with E-state index in [0.29, 0.717) is 11.4 Å². The summed E-state index contributed by atoms with van der Waals surface area (Å²) in [5.41, 5.74) is 2.36. The maximum absolute atomic E-state index is 13.1. The van der Waals surface area contributed by atoms with Crippen LogP contribution in [0.5, 0.6) is 0 Å². The van der Waals surface area contributed by atoms with E-state index >= 15 is 0 Å². The first-order valence-corrected chi connectivity index (χ1v) is 10.2. The Morgan fingerprint density at radius 1 is 1.23 bits per heavy atom. The lowest BCUT2D eigenvalue weighted by atomic mass is 10.0. The number of hydrogen-bond donors (Lipinski definition) is 1. The molecule has 0 saturated carbocycles. The highest BCUT2D eigenvalue weighted by atomic mass is 35.5. The number of hydrazone groups is 1. The molecule has 0 unspecified atom stereocenters. The van der Waals surface area contributed by atoms with Crippen LogP contribution in [-0.2, 0) is 11.8 Å². The Bertz CT molecular complexity index is 959. The average molecular weight is 430 g/mol. The van der Waals surface area contributed by atoms with Crippen molar-refractivity contribution in [2.45, 2.75) is 38.8 Å². The minimum atomic E-state index is -0.383. The van der Waals surface area contributed by atoms with Crippen molar-refractivity contribution in [3.63, 3.8) is 0 Å². The second-order valence-electron chi connectivity index (χ2n) is 8.60. The van der Waals surface area contributed by atoms with Gasteiger partial charge in [-0.25, -0.2) is 9.80 Å². The van der Waals surface area contributed by atoms with Crippen LogP contribution in [0.15, 0.2) is 47.7 Å². The van der Waals surface area contributed by atoms with E-state index in [0.717, 1.165) is 17.0 Å². The maximum atomic E-state index is 13.1. The molecule has 1 atom stereocenters. The molecule has 7 nitrogen and oxygen atoms in total. The summed E-state index contributed by atoms with van der Waals surface area (Å²) in [5.74, 6) is -0.245. The van der Waals surface area contributed by atoms with Crippen molar-refractivity contribution in [2.75, 3.05) is 13.6 Å². The van der Waals surface area contributed by atoms with Crippen molar-refractivity contribution < 1.29 is 9.59 Å². The predicted octanol–water partition coefficient (Wildman–Crippen LogP) is 3.80. The zero-order valence-electron chi connectivity index (χ0n) is 18.0. The zero-order valence-corrected chi connectivity index (χ0v) is 18.8. The predicted molar refractivity (Wildman–Crippen MR) is 119 cm³/mol. The second-order valence-corrected chi connectivity index (χ2v) is 9.03. The van der Waals surface area contributed by atoms with Crippen molar-refractivity contribution in [3.05, 3.63) is 58.9 Å². The van der Waals surface area contributed by atoms with Crippen molar-refractivity contribution in [1.82, 2.24) is 19.8 Å². The number of aromatic nitrogens is 1. The molecule has 0 bridgehead atoms. The number of urea groups is 1. The molecular weight excluding hydrogens is 402 g/mol. The number of aryl methyl sites for hydroxylation is 1. The normalized spacial score (nSPS) is 16.4. The van der Waals surface area contributed by atoms with Crippen molar-refractivity contribution in [1.29, 1.82) is 0 Å². The molecule has 0 saturated heterocycles. The number of carbonyl (C=O) groups excluding carboxylic acids is 2. The van der Waals surface area contributed by atoms with Gasteiger partial charge in [-0.1, -0.05) is 23.7 Å². The van der Waals surface area contributed by atoms with Gasteiger partial charge in [0.1, 0.15) is 6.54 Å². The third kappa shape index (κ3) is 5.02. The molecule has 1 aromatic heterocycles. The lowest BCUT2D eigenvalue weighted by Gasteiger charge is -2.27. The van der Waals surface area contributed by atoms with Gasteiger partial charge in [0.05, 0.1) is 17.4 Å². The fraction of sp³-hybridized carbons (Fsp3) is 0.409. The highest BCUT2D eigenvalue weighted by Gasteiger charge is 2.34. The molecule has 1 N–H and O–H groups in total. The van der Waals surface area contributed by atoms with E-state index < -0.39 is 0 Å². The quantitative estimate of drug-likeness (QED) is 0.803. The van der Waals surface area contributed by atoms with E-state index in [1.807, 2.05) is 75.0 Å². The van der Waals surface area contributed by atoms with Gasteiger partial charge >= 0.3 is 6.03 Å². The monoisotopic (exact) mass is 429 g/mol. The molecule has 1 aromatic carbocycles. The van der Waals surface area contributed by atoms with Crippen LogP contribution in [0.2, 0.25) is 5.02 Å². The summed E-state index contributed by atoms with van der Waals surface area (Å²) in [5, 5.41) is 9.64. The minimum Gasteiger partial charge on any atom is -0.350 e. The van der Waals surface area contributed by atoms with Crippen LogP contribution in [0.3, 0.4) is 0 Å². The zero-order chi connectivity index (χ0) is 22.1. The highest BCUT2D eigenvalue weighted by molar-refractivity contribution is 6.30. The smallest absolute Gasteiger partial charge is 0.318 e. The Balaban J connectivity index is 1.84. The van der Waals surface area contributed by atoms with Crippen molar-refractivity contribution in [3.8, 4) is 0 Å². The third-order valence-corrected chi connectivity index (χ3v) is 5.11. The van der Waals surface area contributed by atoms with Crippen LogP contribution in [-0.4, -0.2) is 51.3 Å². The summed E-state index contributed by atoms with van der Waals surface area (Å²) in [6, 6.07) is 10.8. The molecule has 30 heavy (non-hydrogen) atoms. The van der Waals surface area contributed by atoms with E-state index in [-0.39, 0.29) is 30.1 Å². The number of rotatable bonds is 4. The van der Waals surface area contributed by atoms with Gasteiger partial charge in [0.25, 0.3) is 5.91 Å². The maximum Gasteiger partial charge on any atom is 0.318 e. The number of carbonyl (C=O) groups is 2. The topological polar surface area (TPSA) is 69.9 Å². The Hall–Kier alpha value is -2.80. The largest absolute Gasteiger partial charge is 0.350 e. The number of halogens is 1. The van der Waals surface area contributed by atoms with Crippen LogP contribution in [0.25, 0.3) is 0 Å². The van der Waals surface area contributed by atoms with Gasteiger partial charge in [-0.15, -0.1) is 0 Å². The Kier molecular flexibility index (Phi) is 6.22. The standard InChI is InChI=1S/C22H28ClN5O2/c1-22(2,3)24-21(30)27(5)14-20(29)28-19(15-8-10-16(23)11-9-15)13-17(25-28)18-7-6-12-26(18)4/h6-12,19H,13-14H2,1-5H3,(H,24,30)/t19-/m0/s1. The number of nitrogens with one attached hydrogen (secondary N) is 1. The summed E-state index contributed by atoms with van der Waals surface area (Å²) < 4.78 is 1.98. The van der Waals surface area contributed by atoms with Gasteiger partial charge in [-0.2, -0.15) is 5.10 Å². The first kappa shape index (κ1) is 21.9. The summed E-state index contributed by atoms with van der Waals surface area (Å²) >= 11 is 6.04. The molecule has 8 heteroatoms. The minimum absolute atomic E-state index is 0.0735. The second kappa shape index (κ2) is 8.52. The van der Waals surface area contributed by atoms with Crippen LogP contribution >= 0.6 is 11.6 Å². The molecule has 2 aromatic rings. The van der Waals surface area contributed by atoms with Crippen LogP contribution < -0.4 is 5.32 Å². The van der Waals surface area contributed by atoms with E-state index in [1.54, 1.807) is 7.05 Å². The molecule has 3 rings (SSSR count). The van der Waals surface area contributed by atoms with Gasteiger partial charge in [-0.3, -0.25) is 4.79 Å². The number of amides is 3. The lowest BCUT2D eigenvalue weighted by molar-refractivity contribution is -0.133. The average Bonchev–Trinajstić information content (AvgIpc) is 3.27. The molecule has 0 aliphatic carbocycles. The van der Waals surface area contributed by atoms with Crippen LogP contribution in [0.1, 0.15) is 44.5 Å². The van der Waals surface area contributed by atoms with Crippen molar-refractivity contribution in [2.24, 2.45) is 12.1 Å². The fourth-order valence-electron chi connectivity index (χ4n) is 3.36. The molecule has 1 aliphatic heterocycles. The summed E-state index contributed by atoms with van der Waals surface area (Å²) in [4.78, 5) is 26.9. The van der Waals surface area contributed by atoms with Crippen molar-refractivity contribution >= 4 is 29.3 Å². The lowest BCUT2D eigenvalue weighted by Crippen LogP contribution is -2.49. The van der Waals surface area contributed by atoms with E-state index in [4.69, 9.17) is 11.6 Å².